The molecular weight excluding hydrogens is 383 g/mol. The van der Waals surface area contributed by atoms with Crippen LogP contribution < -0.4 is 5.32 Å². The number of piperazine rings is 1. The molecule has 0 bridgehead atoms. The highest BCUT2D eigenvalue weighted by Gasteiger charge is 2.29. The molecule has 3 rings (SSSR count). The van der Waals surface area contributed by atoms with Crippen molar-refractivity contribution >= 4 is 41.5 Å². The van der Waals surface area contributed by atoms with Crippen molar-refractivity contribution in [3.05, 3.63) is 51.3 Å². The number of aryl methyl sites for hydroxylation is 1. The van der Waals surface area contributed by atoms with E-state index < -0.39 is 0 Å². The minimum Gasteiger partial charge on any atom is -0.331 e. The molecule has 1 aliphatic rings. The fourth-order valence-electron chi connectivity index (χ4n) is 3.07. The minimum absolute atomic E-state index is 0. The van der Waals surface area contributed by atoms with Crippen LogP contribution in [0.3, 0.4) is 0 Å². The molecule has 1 aromatic carbocycles. The van der Waals surface area contributed by atoms with E-state index in [0.29, 0.717) is 23.1 Å². The molecule has 1 aliphatic heterocycles. The fourth-order valence-corrected chi connectivity index (χ4v) is 3.47. The van der Waals surface area contributed by atoms with Crippen LogP contribution in [0.5, 0.6) is 0 Å². The number of carbonyl (C=O) groups is 1. The number of hydrogen-bond acceptors (Lipinski definition) is 3. The quantitative estimate of drug-likeness (QED) is 0.854. The third-order valence-electron chi connectivity index (χ3n) is 4.41. The number of nitrogens with zero attached hydrogens (tertiary/aromatic N) is 3. The summed E-state index contributed by atoms with van der Waals surface area (Å²) < 4.78 is 1.67. The Balaban J connectivity index is 0.00000225. The molecular formula is C17H21Cl3N4O. The van der Waals surface area contributed by atoms with Gasteiger partial charge < -0.3 is 10.2 Å². The summed E-state index contributed by atoms with van der Waals surface area (Å²) >= 11 is 12.5. The van der Waals surface area contributed by atoms with Gasteiger partial charge in [0, 0.05) is 24.7 Å². The molecule has 136 valence electrons. The van der Waals surface area contributed by atoms with E-state index in [4.69, 9.17) is 23.2 Å². The Bertz CT molecular complexity index is 762. The molecule has 1 saturated heterocycles. The standard InChI is InChI=1S/C17H20Cl2N4O.ClH/c1-11-17(19)12(2)23(21-11)10-16(24)22-8-7-20-9-15(22)13-5-3-4-6-14(13)18;/h3-6,15,20H,7-10H2,1-2H3;1H. The molecule has 8 heteroatoms. The molecule has 1 atom stereocenters. The Kier molecular flexibility index (Phi) is 6.74. The van der Waals surface area contributed by atoms with Crippen LogP contribution in [0.25, 0.3) is 0 Å². The zero-order valence-electron chi connectivity index (χ0n) is 14.1. The van der Waals surface area contributed by atoms with E-state index in [0.717, 1.165) is 23.5 Å². The molecule has 2 aromatic rings. The van der Waals surface area contributed by atoms with Crippen molar-refractivity contribution in [2.45, 2.75) is 26.4 Å². The predicted molar refractivity (Wildman–Crippen MR) is 103 cm³/mol. The largest absolute Gasteiger partial charge is 0.331 e. The molecule has 1 N–H and O–H groups in total. The van der Waals surface area contributed by atoms with Gasteiger partial charge in [-0.2, -0.15) is 5.10 Å². The molecule has 5 nitrogen and oxygen atoms in total. The highest BCUT2D eigenvalue weighted by atomic mass is 35.5. The van der Waals surface area contributed by atoms with Gasteiger partial charge in [-0.1, -0.05) is 41.4 Å². The molecule has 25 heavy (non-hydrogen) atoms. The Labute approximate surface area is 163 Å². The third kappa shape index (κ3) is 4.11. The van der Waals surface area contributed by atoms with Gasteiger partial charge in [-0.15, -0.1) is 12.4 Å². The van der Waals surface area contributed by atoms with Gasteiger partial charge in [0.25, 0.3) is 0 Å². The number of carbonyl (C=O) groups excluding carboxylic acids is 1. The van der Waals surface area contributed by atoms with Crippen molar-refractivity contribution < 1.29 is 4.79 Å². The number of hydrogen-bond donors (Lipinski definition) is 1. The van der Waals surface area contributed by atoms with E-state index >= 15 is 0 Å². The lowest BCUT2D eigenvalue weighted by Gasteiger charge is -2.37. The van der Waals surface area contributed by atoms with Gasteiger partial charge in [-0.3, -0.25) is 9.48 Å². The molecule has 2 heterocycles. The summed E-state index contributed by atoms with van der Waals surface area (Å²) in [5.74, 6) is 0.0173. The summed E-state index contributed by atoms with van der Waals surface area (Å²) in [6, 6.07) is 7.59. The van der Waals surface area contributed by atoms with E-state index in [1.54, 1.807) is 4.68 Å². The van der Waals surface area contributed by atoms with Crippen molar-refractivity contribution in [1.82, 2.24) is 20.0 Å². The highest BCUT2D eigenvalue weighted by molar-refractivity contribution is 6.32. The number of benzene rings is 1. The van der Waals surface area contributed by atoms with Crippen LogP contribution in [0.1, 0.15) is 23.0 Å². The number of rotatable bonds is 3. The van der Waals surface area contributed by atoms with Crippen molar-refractivity contribution in [2.75, 3.05) is 19.6 Å². The summed E-state index contributed by atoms with van der Waals surface area (Å²) in [7, 11) is 0. The van der Waals surface area contributed by atoms with Crippen molar-refractivity contribution in [3.63, 3.8) is 0 Å². The monoisotopic (exact) mass is 402 g/mol. The molecule has 1 unspecified atom stereocenters. The van der Waals surface area contributed by atoms with Gasteiger partial charge in [0.05, 0.1) is 22.5 Å². The second-order valence-corrected chi connectivity index (χ2v) is 6.76. The second-order valence-electron chi connectivity index (χ2n) is 5.97. The third-order valence-corrected chi connectivity index (χ3v) is 5.30. The average Bonchev–Trinajstić information content (AvgIpc) is 2.82. The Hall–Kier alpha value is -1.27. The second kappa shape index (κ2) is 8.41. The molecule has 1 fully saturated rings. The van der Waals surface area contributed by atoms with E-state index in [1.807, 2.05) is 43.0 Å². The lowest BCUT2D eigenvalue weighted by Crippen LogP contribution is -2.49. The first kappa shape index (κ1) is 20.0. The lowest BCUT2D eigenvalue weighted by atomic mass is 10.0. The molecule has 1 amide bonds. The first-order valence-corrected chi connectivity index (χ1v) is 8.68. The maximum atomic E-state index is 12.9. The number of nitrogens with one attached hydrogen (secondary N) is 1. The lowest BCUT2D eigenvalue weighted by molar-refractivity contribution is -0.135. The summed E-state index contributed by atoms with van der Waals surface area (Å²) in [6.07, 6.45) is 0. The van der Waals surface area contributed by atoms with Gasteiger partial charge in [-0.05, 0) is 25.5 Å². The van der Waals surface area contributed by atoms with Crippen LogP contribution in [-0.2, 0) is 11.3 Å². The number of amides is 1. The first-order valence-electron chi connectivity index (χ1n) is 7.93. The smallest absolute Gasteiger partial charge is 0.244 e. The molecule has 0 spiro atoms. The van der Waals surface area contributed by atoms with Crippen LogP contribution >= 0.6 is 35.6 Å². The van der Waals surface area contributed by atoms with Crippen molar-refractivity contribution in [2.24, 2.45) is 0 Å². The minimum atomic E-state index is -0.0765. The normalized spacial score (nSPS) is 17.3. The highest BCUT2D eigenvalue weighted by Crippen LogP contribution is 2.29. The Morgan fingerprint density at radius 2 is 2.04 bits per heavy atom. The van der Waals surface area contributed by atoms with Crippen LogP contribution in [0, 0.1) is 13.8 Å². The fraction of sp³-hybridized carbons (Fsp3) is 0.412. The molecule has 1 aromatic heterocycles. The van der Waals surface area contributed by atoms with Crippen LogP contribution in [-0.4, -0.2) is 40.2 Å². The summed E-state index contributed by atoms with van der Waals surface area (Å²) in [4.78, 5) is 14.8. The van der Waals surface area contributed by atoms with E-state index in [-0.39, 0.29) is 30.9 Å². The Morgan fingerprint density at radius 3 is 2.68 bits per heavy atom. The molecule has 0 saturated carbocycles. The van der Waals surface area contributed by atoms with Gasteiger partial charge in [0.1, 0.15) is 6.54 Å². The van der Waals surface area contributed by atoms with Crippen molar-refractivity contribution in [3.8, 4) is 0 Å². The van der Waals surface area contributed by atoms with Gasteiger partial charge >= 0.3 is 0 Å². The first-order chi connectivity index (χ1) is 11.5. The van der Waals surface area contributed by atoms with Crippen molar-refractivity contribution in [1.29, 1.82) is 0 Å². The van der Waals surface area contributed by atoms with Crippen LogP contribution in [0.2, 0.25) is 10.0 Å². The SMILES string of the molecule is Cc1nn(CC(=O)N2CCNCC2c2ccccc2Cl)c(C)c1Cl.Cl. The maximum Gasteiger partial charge on any atom is 0.244 e. The summed E-state index contributed by atoms with van der Waals surface area (Å²) in [5.41, 5.74) is 2.52. The topological polar surface area (TPSA) is 50.2 Å². The average molecular weight is 404 g/mol. The Morgan fingerprint density at radius 1 is 1.32 bits per heavy atom. The zero-order valence-corrected chi connectivity index (χ0v) is 16.5. The number of aromatic nitrogens is 2. The zero-order chi connectivity index (χ0) is 17.3. The maximum absolute atomic E-state index is 12.9. The van der Waals surface area contributed by atoms with E-state index in [2.05, 4.69) is 10.4 Å². The van der Waals surface area contributed by atoms with Crippen LogP contribution in [0.4, 0.5) is 0 Å². The van der Waals surface area contributed by atoms with Gasteiger partial charge in [0.15, 0.2) is 0 Å². The van der Waals surface area contributed by atoms with Crippen LogP contribution in [0.15, 0.2) is 24.3 Å². The van der Waals surface area contributed by atoms with Gasteiger partial charge in [0.2, 0.25) is 5.91 Å². The van der Waals surface area contributed by atoms with E-state index in [1.165, 1.54) is 0 Å². The molecule has 0 aliphatic carbocycles. The summed E-state index contributed by atoms with van der Waals surface area (Å²) in [5, 5.41) is 8.99. The van der Waals surface area contributed by atoms with E-state index in [9.17, 15) is 4.79 Å². The van der Waals surface area contributed by atoms with Gasteiger partial charge in [-0.25, -0.2) is 0 Å². The summed E-state index contributed by atoms with van der Waals surface area (Å²) in [6.45, 7) is 5.99. The number of halogens is 3. The predicted octanol–water partition coefficient (Wildman–Crippen LogP) is 3.40. The molecule has 0 radical (unpaired) electrons.